The zero-order valence-corrected chi connectivity index (χ0v) is 8.80. The average Bonchev–Trinajstić information content (AvgIpc) is 2.10. The van der Waals surface area contributed by atoms with Crippen molar-refractivity contribution in [2.75, 3.05) is 26.8 Å². The van der Waals surface area contributed by atoms with Crippen LogP contribution in [0.25, 0.3) is 0 Å². The molecule has 0 aromatic carbocycles. The highest BCUT2D eigenvalue weighted by Crippen LogP contribution is 2.04. The summed E-state index contributed by atoms with van der Waals surface area (Å²) in [6.45, 7) is 4.59. The molecule has 0 saturated carbocycles. The van der Waals surface area contributed by atoms with E-state index in [1.54, 1.807) is 0 Å². The number of nitrogens with zero attached hydrogens (tertiary/aromatic N) is 1. The van der Waals surface area contributed by atoms with E-state index in [4.69, 9.17) is 4.74 Å². The highest BCUT2D eigenvalue weighted by atomic mass is 19.3. The molecular weight excluding hydrogens is 192 g/mol. The van der Waals surface area contributed by atoms with Crippen LogP contribution in [0.3, 0.4) is 0 Å². The molecule has 0 heterocycles. The minimum Gasteiger partial charge on any atom is -0.383 e. The molecular formula is C9H17F2NO2. The van der Waals surface area contributed by atoms with Gasteiger partial charge in [-0.15, -0.1) is 0 Å². The van der Waals surface area contributed by atoms with Crippen LogP contribution in [-0.2, 0) is 9.53 Å². The molecule has 0 aromatic rings. The number of amides is 1. The summed E-state index contributed by atoms with van der Waals surface area (Å²) in [4.78, 5) is 12.1. The van der Waals surface area contributed by atoms with E-state index < -0.39 is 12.3 Å². The number of carbonyl (C=O) groups is 1. The van der Waals surface area contributed by atoms with Gasteiger partial charge in [-0.2, -0.15) is 8.78 Å². The number of halogens is 2. The Hall–Kier alpha value is -0.710. The molecule has 0 N–H and O–H groups in total. The lowest BCUT2D eigenvalue weighted by molar-refractivity contribution is -0.144. The fourth-order valence-electron chi connectivity index (χ4n) is 1.07. The Balaban J connectivity index is 4.15. The summed E-state index contributed by atoms with van der Waals surface area (Å²) >= 11 is 0. The monoisotopic (exact) mass is 209 g/mol. The van der Waals surface area contributed by atoms with Crippen molar-refractivity contribution in [2.24, 2.45) is 5.92 Å². The van der Waals surface area contributed by atoms with Crippen molar-refractivity contribution < 1.29 is 18.3 Å². The van der Waals surface area contributed by atoms with Gasteiger partial charge in [0.15, 0.2) is 0 Å². The van der Waals surface area contributed by atoms with Crippen LogP contribution >= 0.6 is 0 Å². The molecule has 0 radical (unpaired) electrons. The highest BCUT2D eigenvalue weighted by molar-refractivity contribution is 5.79. The van der Waals surface area contributed by atoms with E-state index in [1.807, 2.05) is 13.8 Å². The summed E-state index contributed by atoms with van der Waals surface area (Å²) in [6, 6.07) is 0. The SMILES string of the molecule is COCCN(CC(C)C)C(=O)C(F)F. The fourth-order valence-corrected chi connectivity index (χ4v) is 1.07. The van der Waals surface area contributed by atoms with Gasteiger partial charge in [-0.25, -0.2) is 0 Å². The molecule has 14 heavy (non-hydrogen) atoms. The second-order valence-corrected chi connectivity index (χ2v) is 3.47. The summed E-state index contributed by atoms with van der Waals surface area (Å²) in [5, 5.41) is 0. The maximum absolute atomic E-state index is 12.1. The van der Waals surface area contributed by atoms with Crippen LogP contribution in [0.2, 0.25) is 0 Å². The van der Waals surface area contributed by atoms with E-state index in [2.05, 4.69) is 0 Å². The molecule has 3 nitrogen and oxygen atoms in total. The lowest BCUT2D eigenvalue weighted by Crippen LogP contribution is -2.40. The van der Waals surface area contributed by atoms with Crippen molar-refractivity contribution in [1.29, 1.82) is 0 Å². The van der Waals surface area contributed by atoms with Gasteiger partial charge in [-0.05, 0) is 5.92 Å². The van der Waals surface area contributed by atoms with Crippen LogP contribution < -0.4 is 0 Å². The Morgan fingerprint density at radius 1 is 1.43 bits per heavy atom. The minimum absolute atomic E-state index is 0.176. The van der Waals surface area contributed by atoms with E-state index in [0.29, 0.717) is 6.54 Å². The number of hydrogen-bond donors (Lipinski definition) is 0. The summed E-state index contributed by atoms with van der Waals surface area (Å²) in [5.74, 6) is -0.940. The smallest absolute Gasteiger partial charge is 0.315 e. The molecule has 0 fully saturated rings. The lowest BCUT2D eigenvalue weighted by Gasteiger charge is -2.23. The van der Waals surface area contributed by atoms with Gasteiger partial charge >= 0.3 is 6.43 Å². The van der Waals surface area contributed by atoms with Crippen molar-refractivity contribution in [3.63, 3.8) is 0 Å². The Bertz CT molecular complexity index is 174. The second kappa shape index (κ2) is 6.70. The van der Waals surface area contributed by atoms with Crippen molar-refractivity contribution in [2.45, 2.75) is 20.3 Å². The topological polar surface area (TPSA) is 29.5 Å². The molecule has 0 aliphatic carbocycles. The predicted octanol–water partition coefficient (Wildman–Crippen LogP) is 1.38. The maximum Gasteiger partial charge on any atom is 0.315 e. The Labute approximate surface area is 83.0 Å². The first-order chi connectivity index (χ1) is 6.49. The van der Waals surface area contributed by atoms with Gasteiger partial charge in [-0.1, -0.05) is 13.8 Å². The first kappa shape index (κ1) is 13.3. The van der Waals surface area contributed by atoms with E-state index in [-0.39, 0.29) is 19.1 Å². The zero-order valence-electron chi connectivity index (χ0n) is 8.80. The van der Waals surface area contributed by atoms with Crippen molar-refractivity contribution in [3.8, 4) is 0 Å². The normalized spacial score (nSPS) is 11.1. The quantitative estimate of drug-likeness (QED) is 0.661. The van der Waals surface area contributed by atoms with Gasteiger partial charge in [-0.3, -0.25) is 4.79 Å². The average molecular weight is 209 g/mol. The van der Waals surface area contributed by atoms with Gasteiger partial charge in [0.25, 0.3) is 5.91 Å². The number of carbonyl (C=O) groups excluding carboxylic acids is 1. The van der Waals surface area contributed by atoms with Crippen molar-refractivity contribution >= 4 is 5.91 Å². The number of rotatable bonds is 6. The van der Waals surface area contributed by atoms with Crippen LogP contribution in [0.15, 0.2) is 0 Å². The maximum atomic E-state index is 12.1. The Morgan fingerprint density at radius 3 is 2.36 bits per heavy atom. The molecule has 0 saturated heterocycles. The Morgan fingerprint density at radius 2 is 2.00 bits per heavy atom. The standard InChI is InChI=1S/C9H17F2NO2/c1-7(2)6-12(4-5-14-3)9(13)8(10)11/h7-8H,4-6H2,1-3H3. The lowest BCUT2D eigenvalue weighted by atomic mass is 10.2. The largest absolute Gasteiger partial charge is 0.383 e. The molecule has 84 valence electrons. The first-order valence-corrected chi connectivity index (χ1v) is 4.55. The molecule has 1 amide bonds. The van der Waals surface area contributed by atoms with Crippen LogP contribution in [-0.4, -0.2) is 44.0 Å². The molecule has 0 aromatic heterocycles. The number of ether oxygens (including phenoxy) is 1. The molecule has 0 rings (SSSR count). The van der Waals surface area contributed by atoms with E-state index in [0.717, 1.165) is 4.90 Å². The molecule has 0 bridgehead atoms. The summed E-state index contributed by atoms with van der Waals surface area (Å²) in [7, 11) is 1.47. The van der Waals surface area contributed by atoms with Crippen LogP contribution in [0.4, 0.5) is 8.78 Å². The number of methoxy groups -OCH3 is 1. The molecule has 5 heteroatoms. The van der Waals surface area contributed by atoms with Gasteiger partial charge < -0.3 is 9.64 Å². The summed E-state index contributed by atoms with van der Waals surface area (Å²) in [6.07, 6.45) is -2.93. The zero-order chi connectivity index (χ0) is 11.1. The minimum atomic E-state index is -2.93. The Kier molecular flexibility index (Phi) is 6.36. The summed E-state index contributed by atoms with van der Waals surface area (Å²) in [5.41, 5.74) is 0. The molecule has 0 aliphatic heterocycles. The second-order valence-electron chi connectivity index (χ2n) is 3.47. The van der Waals surface area contributed by atoms with Crippen LogP contribution in [0.5, 0.6) is 0 Å². The third kappa shape index (κ3) is 5.11. The van der Waals surface area contributed by atoms with Gasteiger partial charge in [0, 0.05) is 20.2 Å². The van der Waals surface area contributed by atoms with Gasteiger partial charge in [0.2, 0.25) is 0 Å². The van der Waals surface area contributed by atoms with Gasteiger partial charge in [0.1, 0.15) is 0 Å². The van der Waals surface area contributed by atoms with E-state index in [1.165, 1.54) is 7.11 Å². The van der Waals surface area contributed by atoms with Crippen LogP contribution in [0, 0.1) is 5.92 Å². The molecule has 0 atom stereocenters. The first-order valence-electron chi connectivity index (χ1n) is 4.55. The fraction of sp³-hybridized carbons (Fsp3) is 0.889. The van der Waals surface area contributed by atoms with Crippen molar-refractivity contribution in [3.05, 3.63) is 0 Å². The number of hydrogen-bond acceptors (Lipinski definition) is 2. The molecule has 0 unspecified atom stereocenters. The molecule has 0 spiro atoms. The highest BCUT2D eigenvalue weighted by Gasteiger charge is 2.23. The predicted molar refractivity (Wildman–Crippen MR) is 49.3 cm³/mol. The third-order valence-electron chi connectivity index (χ3n) is 1.65. The third-order valence-corrected chi connectivity index (χ3v) is 1.65. The summed E-state index contributed by atoms with van der Waals surface area (Å²) < 4.78 is 29.0. The van der Waals surface area contributed by atoms with E-state index in [9.17, 15) is 13.6 Å². The van der Waals surface area contributed by atoms with E-state index >= 15 is 0 Å². The van der Waals surface area contributed by atoms with Gasteiger partial charge in [0.05, 0.1) is 6.61 Å². The van der Waals surface area contributed by atoms with Crippen molar-refractivity contribution in [1.82, 2.24) is 4.90 Å². The van der Waals surface area contributed by atoms with Crippen LogP contribution in [0.1, 0.15) is 13.8 Å². The molecule has 0 aliphatic rings. The number of alkyl halides is 2.